The van der Waals surface area contributed by atoms with Crippen molar-refractivity contribution >= 4 is 11.6 Å². The van der Waals surface area contributed by atoms with Crippen LogP contribution in [0, 0.1) is 18.6 Å². The predicted octanol–water partition coefficient (Wildman–Crippen LogP) is 4.59. The first-order valence-electron chi connectivity index (χ1n) is 7.32. The molecule has 3 nitrogen and oxygen atoms in total. The number of halogens is 2. The molecule has 0 aliphatic heterocycles. The zero-order valence-corrected chi connectivity index (χ0v) is 12.9. The van der Waals surface area contributed by atoms with E-state index in [4.69, 9.17) is 0 Å². The molecular formula is C19H14F2N2O. The smallest absolute Gasteiger partial charge is 0.257 e. The molecule has 0 saturated heterocycles. The molecule has 120 valence electrons. The molecule has 0 aliphatic carbocycles. The molecule has 1 aromatic heterocycles. The molecule has 1 amide bonds. The van der Waals surface area contributed by atoms with E-state index in [1.165, 1.54) is 6.20 Å². The maximum Gasteiger partial charge on any atom is 0.257 e. The van der Waals surface area contributed by atoms with Gasteiger partial charge in [0.25, 0.3) is 5.91 Å². The first kappa shape index (κ1) is 15.8. The Kier molecular flexibility index (Phi) is 4.33. The number of hydrogen-bond acceptors (Lipinski definition) is 2. The summed E-state index contributed by atoms with van der Waals surface area (Å²) in [6, 6.07) is 14.1. The van der Waals surface area contributed by atoms with Gasteiger partial charge in [-0.1, -0.05) is 29.8 Å². The maximum absolute atomic E-state index is 13.1. The highest BCUT2D eigenvalue weighted by molar-refractivity contribution is 6.04. The Labute approximate surface area is 138 Å². The van der Waals surface area contributed by atoms with Gasteiger partial charge in [0.15, 0.2) is 0 Å². The van der Waals surface area contributed by atoms with E-state index < -0.39 is 17.5 Å². The van der Waals surface area contributed by atoms with E-state index >= 15 is 0 Å². The second-order valence-corrected chi connectivity index (χ2v) is 5.41. The number of pyridine rings is 1. The highest BCUT2D eigenvalue weighted by Gasteiger charge is 2.09. The van der Waals surface area contributed by atoms with Gasteiger partial charge >= 0.3 is 0 Å². The molecule has 3 rings (SSSR count). The van der Waals surface area contributed by atoms with Gasteiger partial charge in [-0.2, -0.15) is 0 Å². The third-order valence-corrected chi connectivity index (χ3v) is 3.49. The number of nitrogens with zero attached hydrogens (tertiary/aromatic N) is 1. The Balaban J connectivity index is 1.77. The lowest BCUT2D eigenvalue weighted by Crippen LogP contribution is -2.12. The number of carbonyl (C=O) groups excluding carboxylic acids is 1. The minimum Gasteiger partial charge on any atom is -0.322 e. The van der Waals surface area contributed by atoms with Crippen LogP contribution in [0.25, 0.3) is 11.3 Å². The number of aromatic nitrogens is 1. The summed E-state index contributed by atoms with van der Waals surface area (Å²) in [6.07, 6.45) is 1.43. The van der Waals surface area contributed by atoms with Crippen LogP contribution in [0.2, 0.25) is 0 Å². The average molecular weight is 324 g/mol. The molecule has 24 heavy (non-hydrogen) atoms. The van der Waals surface area contributed by atoms with E-state index in [-0.39, 0.29) is 5.69 Å². The fourth-order valence-corrected chi connectivity index (χ4v) is 2.25. The van der Waals surface area contributed by atoms with Gasteiger partial charge in [0, 0.05) is 23.5 Å². The lowest BCUT2D eigenvalue weighted by molar-refractivity contribution is 0.102. The molecule has 3 aromatic rings. The van der Waals surface area contributed by atoms with Crippen molar-refractivity contribution < 1.29 is 13.6 Å². The van der Waals surface area contributed by atoms with Crippen molar-refractivity contribution in [2.75, 3.05) is 5.32 Å². The highest BCUT2D eigenvalue weighted by atomic mass is 19.1. The van der Waals surface area contributed by atoms with Crippen molar-refractivity contribution in [2.24, 2.45) is 0 Å². The van der Waals surface area contributed by atoms with Crippen LogP contribution in [0.15, 0.2) is 60.8 Å². The molecule has 0 atom stereocenters. The van der Waals surface area contributed by atoms with Gasteiger partial charge in [-0.15, -0.1) is 0 Å². The van der Waals surface area contributed by atoms with Crippen LogP contribution in [0.1, 0.15) is 15.9 Å². The first-order valence-corrected chi connectivity index (χ1v) is 7.32. The summed E-state index contributed by atoms with van der Waals surface area (Å²) in [5, 5.41) is 2.45. The van der Waals surface area contributed by atoms with Gasteiger partial charge < -0.3 is 5.32 Å². The molecule has 0 spiro atoms. The molecule has 0 aliphatic rings. The standard InChI is InChI=1S/C19H14F2N2O/c1-12-2-4-13(5-3-12)18-7-6-14(11-22-18)19(24)23-17-9-15(20)8-16(21)10-17/h2-11H,1H3,(H,23,24). The third kappa shape index (κ3) is 3.63. The average Bonchev–Trinajstić information content (AvgIpc) is 2.55. The lowest BCUT2D eigenvalue weighted by atomic mass is 10.1. The van der Waals surface area contributed by atoms with Crippen LogP contribution in [0.3, 0.4) is 0 Å². The monoisotopic (exact) mass is 324 g/mol. The number of rotatable bonds is 3. The van der Waals surface area contributed by atoms with Crippen LogP contribution in [0.5, 0.6) is 0 Å². The Hall–Kier alpha value is -3.08. The highest BCUT2D eigenvalue weighted by Crippen LogP contribution is 2.18. The number of aryl methyl sites for hydroxylation is 1. The maximum atomic E-state index is 13.1. The van der Waals surface area contributed by atoms with Crippen LogP contribution in [-0.2, 0) is 0 Å². The van der Waals surface area contributed by atoms with Gasteiger partial charge in [0.05, 0.1) is 11.3 Å². The Bertz CT molecular complexity index is 855. The fraction of sp³-hybridized carbons (Fsp3) is 0.0526. The largest absolute Gasteiger partial charge is 0.322 e. The van der Waals surface area contributed by atoms with Crippen LogP contribution < -0.4 is 5.32 Å². The Morgan fingerprint density at radius 2 is 1.62 bits per heavy atom. The van der Waals surface area contributed by atoms with Gasteiger partial charge in [-0.3, -0.25) is 9.78 Å². The fourth-order valence-electron chi connectivity index (χ4n) is 2.25. The minimum absolute atomic E-state index is 0.0557. The zero-order chi connectivity index (χ0) is 17.1. The molecule has 0 fully saturated rings. The summed E-state index contributed by atoms with van der Waals surface area (Å²) < 4.78 is 26.3. The Morgan fingerprint density at radius 3 is 2.21 bits per heavy atom. The van der Waals surface area contributed by atoms with E-state index in [1.54, 1.807) is 12.1 Å². The van der Waals surface area contributed by atoms with Crippen molar-refractivity contribution in [3.05, 3.63) is 83.6 Å². The zero-order valence-electron chi connectivity index (χ0n) is 12.9. The van der Waals surface area contributed by atoms with Gasteiger partial charge in [-0.25, -0.2) is 8.78 Å². The molecule has 1 heterocycles. The summed E-state index contributed by atoms with van der Waals surface area (Å²) in [6.45, 7) is 2.00. The van der Waals surface area contributed by atoms with Gasteiger partial charge in [0.1, 0.15) is 11.6 Å². The number of carbonyl (C=O) groups is 1. The van der Waals surface area contributed by atoms with E-state index in [1.807, 2.05) is 31.2 Å². The van der Waals surface area contributed by atoms with E-state index in [0.29, 0.717) is 5.56 Å². The normalized spacial score (nSPS) is 10.5. The van der Waals surface area contributed by atoms with E-state index in [0.717, 1.165) is 35.0 Å². The number of amides is 1. The number of benzene rings is 2. The number of anilines is 1. The van der Waals surface area contributed by atoms with Crippen LogP contribution >= 0.6 is 0 Å². The van der Waals surface area contributed by atoms with Gasteiger partial charge in [0.2, 0.25) is 0 Å². The van der Waals surface area contributed by atoms with Crippen molar-refractivity contribution in [2.45, 2.75) is 6.92 Å². The molecule has 0 bridgehead atoms. The number of hydrogen-bond donors (Lipinski definition) is 1. The summed E-state index contributed by atoms with van der Waals surface area (Å²) in [5.74, 6) is -1.99. The molecule has 1 N–H and O–H groups in total. The quantitative estimate of drug-likeness (QED) is 0.766. The second kappa shape index (κ2) is 6.58. The van der Waals surface area contributed by atoms with Crippen molar-refractivity contribution in [3.63, 3.8) is 0 Å². The van der Waals surface area contributed by atoms with Crippen molar-refractivity contribution in [3.8, 4) is 11.3 Å². The third-order valence-electron chi connectivity index (χ3n) is 3.49. The Morgan fingerprint density at radius 1 is 0.958 bits per heavy atom. The molecule has 0 saturated carbocycles. The molecular weight excluding hydrogens is 310 g/mol. The SMILES string of the molecule is Cc1ccc(-c2ccc(C(=O)Nc3cc(F)cc(F)c3)cn2)cc1. The minimum atomic E-state index is -0.752. The topological polar surface area (TPSA) is 42.0 Å². The van der Waals surface area contributed by atoms with Crippen LogP contribution in [-0.4, -0.2) is 10.9 Å². The molecule has 0 unspecified atom stereocenters. The van der Waals surface area contributed by atoms with E-state index in [9.17, 15) is 13.6 Å². The van der Waals surface area contributed by atoms with Crippen molar-refractivity contribution in [1.29, 1.82) is 0 Å². The van der Waals surface area contributed by atoms with Gasteiger partial charge in [-0.05, 0) is 31.2 Å². The lowest BCUT2D eigenvalue weighted by Gasteiger charge is -2.07. The van der Waals surface area contributed by atoms with E-state index in [2.05, 4.69) is 10.3 Å². The summed E-state index contributed by atoms with van der Waals surface area (Å²) >= 11 is 0. The van der Waals surface area contributed by atoms with Crippen molar-refractivity contribution in [1.82, 2.24) is 4.98 Å². The summed E-state index contributed by atoms with van der Waals surface area (Å²) in [4.78, 5) is 16.4. The molecule has 5 heteroatoms. The van der Waals surface area contributed by atoms with Crippen LogP contribution in [0.4, 0.5) is 14.5 Å². The molecule has 0 radical (unpaired) electrons. The number of nitrogens with one attached hydrogen (secondary N) is 1. The second-order valence-electron chi connectivity index (χ2n) is 5.41. The summed E-state index contributed by atoms with van der Waals surface area (Å²) in [7, 11) is 0. The first-order chi connectivity index (χ1) is 11.5. The predicted molar refractivity (Wildman–Crippen MR) is 88.7 cm³/mol. The summed E-state index contributed by atoms with van der Waals surface area (Å²) in [5.41, 5.74) is 3.19. The molecule has 2 aromatic carbocycles.